The second-order valence-corrected chi connectivity index (χ2v) is 8.87. The zero-order valence-electron chi connectivity index (χ0n) is 20.5. The fraction of sp³-hybridized carbons (Fsp3) is 0.286. The van der Waals surface area contributed by atoms with Gasteiger partial charge in [-0.15, -0.1) is 0 Å². The number of hydrogen-bond donors (Lipinski definition) is 1. The Morgan fingerprint density at radius 3 is 2.29 bits per heavy atom. The first-order valence-electron chi connectivity index (χ1n) is 11.2. The highest BCUT2D eigenvalue weighted by Gasteiger charge is 2.20. The second kappa shape index (κ2) is 10.5. The Morgan fingerprint density at radius 2 is 1.74 bits per heavy atom. The van der Waals surface area contributed by atoms with Crippen LogP contribution in [-0.2, 0) is 0 Å². The molecular formula is C28H31FN2O3. The summed E-state index contributed by atoms with van der Waals surface area (Å²) in [7, 11) is 0. The summed E-state index contributed by atoms with van der Waals surface area (Å²) in [5, 5.41) is 9.46. The van der Waals surface area contributed by atoms with E-state index >= 15 is 4.39 Å². The standard InChI is InChI=1S/C28H31FN2O3/c1-17(2)11-12-34-27-10-7-21(16-30-27)24-13-20(6)25(14-19(24)5)23-9-8-22(15-26(23)29)31(18(3)4)28(32)33/h7-11,13-16,18H,12H2,1-6H3,(H,32,33). The molecule has 0 saturated carbocycles. The quantitative estimate of drug-likeness (QED) is 0.371. The molecule has 34 heavy (non-hydrogen) atoms. The lowest BCUT2D eigenvalue weighted by Crippen LogP contribution is -2.35. The first kappa shape index (κ1) is 25.0. The second-order valence-electron chi connectivity index (χ2n) is 8.87. The van der Waals surface area contributed by atoms with Gasteiger partial charge in [0.2, 0.25) is 5.88 Å². The highest BCUT2D eigenvalue weighted by atomic mass is 19.1. The zero-order valence-corrected chi connectivity index (χ0v) is 20.5. The van der Waals surface area contributed by atoms with Crippen molar-refractivity contribution in [1.82, 2.24) is 4.98 Å². The lowest BCUT2D eigenvalue weighted by Gasteiger charge is -2.24. The number of pyridine rings is 1. The molecule has 0 radical (unpaired) electrons. The van der Waals surface area contributed by atoms with Gasteiger partial charge in [-0.25, -0.2) is 14.2 Å². The van der Waals surface area contributed by atoms with Crippen molar-refractivity contribution in [2.24, 2.45) is 0 Å². The van der Waals surface area contributed by atoms with Crippen LogP contribution in [0.3, 0.4) is 0 Å². The molecule has 178 valence electrons. The molecule has 0 bridgehead atoms. The molecule has 6 heteroatoms. The number of halogens is 1. The molecule has 1 N–H and O–H groups in total. The van der Waals surface area contributed by atoms with Gasteiger partial charge < -0.3 is 9.84 Å². The summed E-state index contributed by atoms with van der Waals surface area (Å²) in [6.07, 6.45) is 2.66. The van der Waals surface area contributed by atoms with Gasteiger partial charge in [-0.3, -0.25) is 4.90 Å². The summed E-state index contributed by atoms with van der Waals surface area (Å²) in [5.41, 5.74) is 6.57. The molecule has 0 aliphatic carbocycles. The minimum Gasteiger partial charge on any atom is -0.473 e. The molecule has 2 aromatic carbocycles. The highest BCUT2D eigenvalue weighted by molar-refractivity contribution is 5.87. The van der Waals surface area contributed by atoms with Crippen LogP contribution in [0, 0.1) is 19.7 Å². The third kappa shape index (κ3) is 5.63. The maximum absolute atomic E-state index is 15.1. The van der Waals surface area contributed by atoms with E-state index in [9.17, 15) is 9.90 Å². The van der Waals surface area contributed by atoms with Crippen LogP contribution in [0.2, 0.25) is 0 Å². The number of nitrogens with zero attached hydrogens (tertiary/aromatic N) is 2. The molecule has 0 fully saturated rings. The van der Waals surface area contributed by atoms with Crippen molar-refractivity contribution in [1.29, 1.82) is 0 Å². The number of carboxylic acid groups (broad SMARTS) is 1. The number of rotatable bonds is 7. The number of benzene rings is 2. The van der Waals surface area contributed by atoms with Crippen LogP contribution in [0.1, 0.15) is 38.8 Å². The number of aromatic nitrogens is 1. The highest BCUT2D eigenvalue weighted by Crippen LogP contribution is 2.34. The average Bonchev–Trinajstić information content (AvgIpc) is 2.75. The van der Waals surface area contributed by atoms with Crippen molar-refractivity contribution < 1.29 is 19.0 Å². The van der Waals surface area contributed by atoms with E-state index in [4.69, 9.17) is 4.74 Å². The smallest absolute Gasteiger partial charge is 0.412 e. The molecule has 1 amide bonds. The van der Waals surface area contributed by atoms with Gasteiger partial charge in [-0.05, 0) is 94.1 Å². The molecule has 0 saturated heterocycles. The molecule has 5 nitrogen and oxygen atoms in total. The SMILES string of the molecule is CC(C)=CCOc1ccc(-c2cc(C)c(-c3ccc(N(C(=O)O)C(C)C)cc3F)cc2C)cn1. The molecule has 0 aliphatic rings. The zero-order chi connectivity index (χ0) is 25.0. The van der Waals surface area contributed by atoms with Gasteiger partial charge in [0.25, 0.3) is 0 Å². The van der Waals surface area contributed by atoms with Crippen LogP contribution in [0.4, 0.5) is 14.9 Å². The predicted octanol–water partition coefficient (Wildman–Crippen LogP) is 7.41. The van der Waals surface area contributed by atoms with Gasteiger partial charge >= 0.3 is 6.09 Å². The fourth-order valence-electron chi connectivity index (χ4n) is 3.84. The number of amides is 1. The summed E-state index contributed by atoms with van der Waals surface area (Å²) < 4.78 is 20.7. The molecule has 3 rings (SSSR count). The Hall–Kier alpha value is -3.67. The lowest BCUT2D eigenvalue weighted by atomic mass is 9.92. The number of allylic oxidation sites excluding steroid dienone is 1. The van der Waals surface area contributed by atoms with Crippen molar-refractivity contribution in [2.45, 2.75) is 47.6 Å². The van der Waals surface area contributed by atoms with Gasteiger partial charge in [0.05, 0.1) is 5.69 Å². The van der Waals surface area contributed by atoms with Crippen molar-refractivity contribution in [3.63, 3.8) is 0 Å². The van der Waals surface area contributed by atoms with Gasteiger partial charge in [0.1, 0.15) is 12.4 Å². The van der Waals surface area contributed by atoms with Gasteiger partial charge in [-0.2, -0.15) is 0 Å². The third-order valence-electron chi connectivity index (χ3n) is 5.59. The Bertz CT molecular complexity index is 1210. The first-order chi connectivity index (χ1) is 16.1. The summed E-state index contributed by atoms with van der Waals surface area (Å²) in [6.45, 7) is 11.9. The van der Waals surface area contributed by atoms with Crippen LogP contribution >= 0.6 is 0 Å². The van der Waals surface area contributed by atoms with Crippen LogP contribution in [0.25, 0.3) is 22.3 Å². The Morgan fingerprint density at radius 1 is 1.06 bits per heavy atom. The summed E-state index contributed by atoms with van der Waals surface area (Å²) in [5.74, 6) is 0.102. The van der Waals surface area contributed by atoms with Crippen molar-refractivity contribution in [3.05, 3.63) is 77.3 Å². The van der Waals surface area contributed by atoms with E-state index in [1.165, 1.54) is 11.6 Å². The Kier molecular flexibility index (Phi) is 7.72. The number of carbonyl (C=O) groups is 1. The van der Waals surface area contributed by atoms with E-state index in [1.807, 2.05) is 58.0 Å². The normalized spacial score (nSPS) is 10.8. The number of aryl methyl sites for hydroxylation is 2. The molecule has 0 unspecified atom stereocenters. The van der Waals surface area contributed by atoms with E-state index in [0.717, 1.165) is 32.7 Å². The minimum absolute atomic E-state index is 0.302. The topological polar surface area (TPSA) is 62.7 Å². The Balaban J connectivity index is 1.90. The van der Waals surface area contributed by atoms with Gasteiger partial charge in [-0.1, -0.05) is 17.7 Å². The maximum atomic E-state index is 15.1. The fourth-order valence-corrected chi connectivity index (χ4v) is 3.84. The third-order valence-corrected chi connectivity index (χ3v) is 5.59. The largest absolute Gasteiger partial charge is 0.473 e. The Labute approximate surface area is 200 Å². The van der Waals surface area contributed by atoms with Crippen molar-refractivity contribution >= 4 is 11.8 Å². The molecule has 0 aliphatic heterocycles. The number of hydrogen-bond acceptors (Lipinski definition) is 3. The van der Waals surface area contributed by atoms with Crippen molar-refractivity contribution in [3.8, 4) is 28.1 Å². The predicted molar refractivity (Wildman–Crippen MR) is 135 cm³/mol. The van der Waals surface area contributed by atoms with Crippen LogP contribution in [0.5, 0.6) is 5.88 Å². The van der Waals surface area contributed by atoms with Crippen LogP contribution in [0.15, 0.2) is 60.3 Å². The van der Waals surface area contributed by atoms with Gasteiger partial charge in [0, 0.05) is 29.4 Å². The molecule has 1 heterocycles. The number of ether oxygens (including phenoxy) is 1. The summed E-state index contributed by atoms with van der Waals surface area (Å²) in [6, 6.07) is 12.1. The molecular weight excluding hydrogens is 431 g/mol. The minimum atomic E-state index is -1.11. The average molecular weight is 463 g/mol. The van der Waals surface area contributed by atoms with E-state index < -0.39 is 11.9 Å². The molecule has 1 aromatic heterocycles. The first-order valence-corrected chi connectivity index (χ1v) is 11.2. The monoisotopic (exact) mass is 462 g/mol. The van der Waals surface area contributed by atoms with E-state index in [-0.39, 0.29) is 6.04 Å². The van der Waals surface area contributed by atoms with E-state index in [0.29, 0.717) is 23.7 Å². The van der Waals surface area contributed by atoms with Gasteiger partial charge in [0.15, 0.2) is 0 Å². The lowest BCUT2D eigenvalue weighted by molar-refractivity contribution is 0.200. The van der Waals surface area contributed by atoms with Crippen LogP contribution < -0.4 is 9.64 Å². The van der Waals surface area contributed by atoms with Crippen LogP contribution in [-0.4, -0.2) is 28.8 Å². The van der Waals surface area contributed by atoms with E-state index in [1.54, 1.807) is 32.2 Å². The summed E-state index contributed by atoms with van der Waals surface area (Å²) in [4.78, 5) is 17.1. The van der Waals surface area contributed by atoms with Crippen molar-refractivity contribution in [2.75, 3.05) is 11.5 Å². The van der Waals surface area contributed by atoms with E-state index in [2.05, 4.69) is 4.98 Å². The number of anilines is 1. The molecule has 0 spiro atoms. The molecule has 0 atom stereocenters. The summed E-state index contributed by atoms with van der Waals surface area (Å²) >= 11 is 0. The molecule has 3 aromatic rings. The maximum Gasteiger partial charge on any atom is 0.412 e.